The standard InChI is InChI=1S/C20H21N3O/c24-20(18-7-4-8-19-17(18)9-10-22-19)23-12-11-21-14-16(23)13-15-5-2-1-3-6-15/h1-10,16,21-22H,11-14H2. The van der Waals surface area contributed by atoms with Gasteiger partial charge in [-0.05, 0) is 30.2 Å². The van der Waals surface area contributed by atoms with Crippen LogP contribution in [0.3, 0.4) is 0 Å². The molecule has 1 saturated heterocycles. The fraction of sp³-hybridized carbons (Fsp3) is 0.250. The van der Waals surface area contributed by atoms with Gasteiger partial charge in [-0.3, -0.25) is 4.79 Å². The normalized spacial score (nSPS) is 18.0. The van der Waals surface area contributed by atoms with E-state index in [9.17, 15) is 4.79 Å². The molecule has 24 heavy (non-hydrogen) atoms. The first-order valence-electron chi connectivity index (χ1n) is 8.44. The van der Waals surface area contributed by atoms with Crippen LogP contribution in [0.4, 0.5) is 0 Å². The van der Waals surface area contributed by atoms with Crippen LogP contribution < -0.4 is 5.32 Å². The third-order valence-corrected chi connectivity index (χ3v) is 4.75. The third kappa shape index (κ3) is 2.81. The number of aromatic amines is 1. The molecule has 0 saturated carbocycles. The molecule has 0 spiro atoms. The predicted octanol–water partition coefficient (Wildman–Crippen LogP) is 2.82. The van der Waals surface area contributed by atoms with Crippen molar-refractivity contribution in [2.24, 2.45) is 0 Å². The molecule has 2 aromatic carbocycles. The van der Waals surface area contributed by atoms with Gasteiger partial charge in [-0.15, -0.1) is 0 Å². The summed E-state index contributed by atoms with van der Waals surface area (Å²) in [5.41, 5.74) is 3.06. The highest BCUT2D eigenvalue weighted by Crippen LogP contribution is 2.21. The van der Waals surface area contributed by atoms with Crippen molar-refractivity contribution in [3.8, 4) is 0 Å². The number of carbonyl (C=O) groups is 1. The highest BCUT2D eigenvalue weighted by Gasteiger charge is 2.28. The van der Waals surface area contributed by atoms with Gasteiger partial charge >= 0.3 is 0 Å². The molecule has 1 aromatic heterocycles. The molecule has 0 bridgehead atoms. The van der Waals surface area contributed by atoms with Crippen LogP contribution in [-0.2, 0) is 6.42 Å². The Kier molecular flexibility index (Phi) is 4.05. The molecule has 1 amide bonds. The van der Waals surface area contributed by atoms with Crippen LogP contribution in [0.15, 0.2) is 60.8 Å². The first kappa shape index (κ1) is 15.0. The summed E-state index contributed by atoms with van der Waals surface area (Å²) in [5.74, 6) is 0.127. The zero-order valence-electron chi connectivity index (χ0n) is 13.5. The minimum absolute atomic E-state index is 0.127. The maximum absolute atomic E-state index is 13.2. The van der Waals surface area contributed by atoms with Crippen LogP contribution in [0.25, 0.3) is 10.9 Å². The number of hydrogen-bond acceptors (Lipinski definition) is 2. The third-order valence-electron chi connectivity index (χ3n) is 4.75. The number of amides is 1. The van der Waals surface area contributed by atoms with E-state index < -0.39 is 0 Å². The van der Waals surface area contributed by atoms with Crippen LogP contribution in [-0.4, -0.2) is 41.5 Å². The van der Waals surface area contributed by atoms with Gasteiger partial charge in [-0.1, -0.05) is 36.4 Å². The minimum Gasteiger partial charge on any atom is -0.361 e. The lowest BCUT2D eigenvalue weighted by molar-refractivity contribution is 0.0638. The summed E-state index contributed by atoms with van der Waals surface area (Å²) in [4.78, 5) is 18.4. The lowest BCUT2D eigenvalue weighted by atomic mass is 10.0. The predicted molar refractivity (Wildman–Crippen MR) is 96.1 cm³/mol. The Bertz CT molecular complexity index is 840. The number of nitrogens with one attached hydrogen (secondary N) is 2. The van der Waals surface area contributed by atoms with E-state index in [4.69, 9.17) is 0 Å². The number of nitrogens with zero attached hydrogens (tertiary/aromatic N) is 1. The number of benzene rings is 2. The Balaban J connectivity index is 1.62. The highest BCUT2D eigenvalue weighted by atomic mass is 16.2. The highest BCUT2D eigenvalue weighted by molar-refractivity contribution is 6.06. The molecule has 4 rings (SSSR count). The molecule has 2 heterocycles. The van der Waals surface area contributed by atoms with Gasteiger partial charge in [0.1, 0.15) is 0 Å². The van der Waals surface area contributed by atoms with Gasteiger partial charge in [0.15, 0.2) is 0 Å². The minimum atomic E-state index is 0.127. The van der Waals surface area contributed by atoms with Crippen LogP contribution >= 0.6 is 0 Å². The van der Waals surface area contributed by atoms with Crippen LogP contribution in [0.2, 0.25) is 0 Å². The number of carbonyl (C=O) groups excluding carboxylic acids is 1. The zero-order valence-corrected chi connectivity index (χ0v) is 13.5. The van der Waals surface area contributed by atoms with Crippen molar-refractivity contribution >= 4 is 16.8 Å². The van der Waals surface area contributed by atoms with Crippen molar-refractivity contribution in [2.75, 3.05) is 19.6 Å². The number of piperazine rings is 1. The maximum atomic E-state index is 13.2. The molecule has 1 aliphatic rings. The second kappa shape index (κ2) is 6.49. The summed E-state index contributed by atoms with van der Waals surface area (Å²) in [5, 5.41) is 4.42. The monoisotopic (exact) mass is 319 g/mol. The Hall–Kier alpha value is -2.59. The molecule has 1 atom stereocenters. The van der Waals surface area contributed by atoms with Crippen molar-refractivity contribution in [1.29, 1.82) is 0 Å². The lowest BCUT2D eigenvalue weighted by Crippen LogP contribution is -2.54. The Morgan fingerprint density at radius 3 is 2.83 bits per heavy atom. The first-order valence-corrected chi connectivity index (χ1v) is 8.44. The van der Waals surface area contributed by atoms with Gasteiger partial charge in [0.05, 0.1) is 0 Å². The molecule has 122 valence electrons. The first-order chi connectivity index (χ1) is 11.8. The van der Waals surface area contributed by atoms with E-state index >= 15 is 0 Å². The molecule has 1 fully saturated rings. The maximum Gasteiger partial charge on any atom is 0.254 e. The average Bonchev–Trinajstić information content (AvgIpc) is 3.11. The van der Waals surface area contributed by atoms with E-state index in [2.05, 4.69) is 34.6 Å². The van der Waals surface area contributed by atoms with Gasteiger partial charge in [-0.2, -0.15) is 0 Å². The molecule has 0 aliphatic carbocycles. The van der Waals surface area contributed by atoms with Crippen LogP contribution in [0.5, 0.6) is 0 Å². The largest absolute Gasteiger partial charge is 0.361 e. The summed E-state index contributed by atoms with van der Waals surface area (Å²) in [6, 6.07) is 18.4. The summed E-state index contributed by atoms with van der Waals surface area (Å²) < 4.78 is 0. The second-order valence-corrected chi connectivity index (χ2v) is 6.29. The molecule has 3 aromatic rings. The number of hydrogen-bond donors (Lipinski definition) is 2. The number of H-pyrrole nitrogens is 1. The van der Waals surface area contributed by atoms with E-state index in [1.54, 1.807) is 0 Å². The topological polar surface area (TPSA) is 48.1 Å². The summed E-state index contributed by atoms with van der Waals surface area (Å²) in [7, 11) is 0. The van der Waals surface area contributed by atoms with Crippen molar-refractivity contribution in [3.05, 3.63) is 71.9 Å². The van der Waals surface area contributed by atoms with Gasteiger partial charge in [-0.25, -0.2) is 0 Å². The quantitative estimate of drug-likeness (QED) is 0.780. The molecule has 1 aliphatic heterocycles. The number of fused-ring (bicyclic) bond motifs is 1. The van der Waals surface area contributed by atoms with E-state index in [0.29, 0.717) is 0 Å². The smallest absolute Gasteiger partial charge is 0.254 e. The molecule has 4 heteroatoms. The fourth-order valence-electron chi connectivity index (χ4n) is 3.52. The van der Waals surface area contributed by atoms with Crippen molar-refractivity contribution in [3.63, 3.8) is 0 Å². The van der Waals surface area contributed by atoms with E-state index in [0.717, 1.165) is 42.5 Å². The van der Waals surface area contributed by atoms with Gasteiger partial charge < -0.3 is 15.2 Å². The van der Waals surface area contributed by atoms with Gasteiger partial charge in [0, 0.05) is 48.3 Å². The van der Waals surface area contributed by atoms with E-state index in [1.165, 1.54) is 5.56 Å². The number of rotatable bonds is 3. The SMILES string of the molecule is O=C(c1cccc2[nH]ccc12)N1CCNCC1Cc1ccccc1. The van der Waals surface area contributed by atoms with Crippen LogP contribution in [0, 0.1) is 0 Å². The number of aromatic nitrogens is 1. The summed E-state index contributed by atoms with van der Waals surface area (Å²) >= 11 is 0. The molecule has 4 nitrogen and oxygen atoms in total. The Morgan fingerprint density at radius 1 is 1.08 bits per heavy atom. The summed E-state index contributed by atoms with van der Waals surface area (Å²) in [6.07, 6.45) is 2.77. The molecular weight excluding hydrogens is 298 g/mol. The zero-order chi connectivity index (χ0) is 16.4. The van der Waals surface area contributed by atoms with Gasteiger partial charge in [0.2, 0.25) is 0 Å². The van der Waals surface area contributed by atoms with Gasteiger partial charge in [0.25, 0.3) is 5.91 Å². The van der Waals surface area contributed by atoms with Crippen molar-refractivity contribution in [1.82, 2.24) is 15.2 Å². The van der Waals surface area contributed by atoms with Crippen molar-refractivity contribution < 1.29 is 4.79 Å². The fourth-order valence-corrected chi connectivity index (χ4v) is 3.52. The van der Waals surface area contributed by atoms with Crippen LogP contribution in [0.1, 0.15) is 15.9 Å². The molecule has 0 radical (unpaired) electrons. The Morgan fingerprint density at radius 2 is 1.96 bits per heavy atom. The second-order valence-electron chi connectivity index (χ2n) is 6.29. The molecule has 2 N–H and O–H groups in total. The van der Waals surface area contributed by atoms with E-state index in [-0.39, 0.29) is 11.9 Å². The summed E-state index contributed by atoms with van der Waals surface area (Å²) in [6.45, 7) is 2.43. The van der Waals surface area contributed by atoms with Crippen molar-refractivity contribution in [2.45, 2.75) is 12.5 Å². The average molecular weight is 319 g/mol. The molecule has 1 unspecified atom stereocenters. The molecular formula is C20H21N3O. The van der Waals surface area contributed by atoms with E-state index in [1.807, 2.05) is 41.4 Å². The Labute approximate surface area is 141 Å². The lowest BCUT2D eigenvalue weighted by Gasteiger charge is -2.36.